The molecule has 0 unspecified atom stereocenters. The van der Waals surface area contributed by atoms with Gasteiger partial charge >= 0.3 is 0 Å². The first-order chi connectivity index (χ1) is 2.83. The van der Waals surface area contributed by atoms with Gasteiger partial charge in [-0.05, 0) is 14.1 Å². The molecule has 0 aromatic heterocycles. The van der Waals surface area contributed by atoms with Crippen LogP contribution in [-0.2, 0) is 0 Å². The smallest absolute Gasteiger partial charge is 0 e. The minimum absolute atomic E-state index is 0. The zero-order valence-corrected chi connectivity index (χ0v) is 5.21. The summed E-state index contributed by atoms with van der Waals surface area (Å²) in [5, 5.41) is 2.75. The molecule has 0 amide bonds. The van der Waals surface area contributed by atoms with Crippen molar-refractivity contribution in [1.29, 1.82) is 0 Å². The molecule has 0 saturated heterocycles. The van der Waals surface area contributed by atoms with Crippen molar-refractivity contribution in [3.8, 4) is 0 Å². The third kappa shape index (κ3) is 58400. The summed E-state index contributed by atoms with van der Waals surface area (Å²) in [4.78, 5) is 0. The summed E-state index contributed by atoms with van der Waals surface area (Å²) >= 11 is 0. The molecule has 0 bridgehead atoms. The van der Waals surface area contributed by atoms with Crippen molar-refractivity contribution in [1.82, 2.24) is 5.32 Å². The maximum atomic E-state index is 2.75. The molecule has 0 spiro atoms. The van der Waals surface area contributed by atoms with E-state index in [1.807, 2.05) is 14.1 Å². The molecule has 0 aromatic rings. The third-order valence-electron chi connectivity index (χ3n) is 0. The second-order valence-corrected chi connectivity index (χ2v) is 1.21. The van der Waals surface area contributed by atoms with Crippen LogP contribution in [0.1, 0.15) is 29.1 Å². The van der Waals surface area contributed by atoms with Crippen molar-refractivity contribution in [2.45, 2.75) is 27.7 Å². The largest absolute Gasteiger partial charge is 0.323 e. The molecule has 1 heteroatoms. The lowest BCUT2D eigenvalue weighted by Gasteiger charge is -1.59. The monoisotopic (exact) mass is 109 g/mol. The van der Waals surface area contributed by atoms with Gasteiger partial charge < -0.3 is 5.32 Å². The molecule has 1 N–H and O–H groups in total. The molecule has 0 radical (unpaired) electrons. The quantitative estimate of drug-likeness (QED) is 0.502. The number of hydrogen-bond acceptors (Lipinski definition) is 1. The fourth-order valence-electron chi connectivity index (χ4n) is 0. The first kappa shape index (κ1) is 15.8. The molecule has 0 heterocycles. The first-order valence-corrected chi connectivity index (χ1v) is 2.41. The number of rotatable bonds is 0. The summed E-state index contributed by atoms with van der Waals surface area (Å²) in [6.07, 6.45) is 1.25. The Bertz CT molecular complexity index is 10.5. The van der Waals surface area contributed by atoms with Gasteiger partial charge in [0, 0.05) is 1.43 Å². The molecule has 0 fully saturated rings. The lowest BCUT2D eigenvalue weighted by Crippen LogP contribution is -1.89. The maximum Gasteiger partial charge on any atom is 0 e. The Morgan fingerprint density at radius 3 is 1.29 bits per heavy atom. The summed E-state index contributed by atoms with van der Waals surface area (Å²) in [5.41, 5.74) is 0. The van der Waals surface area contributed by atoms with Crippen molar-refractivity contribution in [2.75, 3.05) is 14.1 Å². The van der Waals surface area contributed by atoms with Gasteiger partial charge in [-0.2, -0.15) is 0 Å². The van der Waals surface area contributed by atoms with E-state index in [2.05, 4.69) is 19.2 Å². The van der Waals surface area contributed by atoms with Crippen LogP contribution in [-0.4, -0.2) is 14.1 Å². The molecule has 0 aliphatic heterocycles. The molecule has 0 saturated carbocycles. The van der Waals surface area contributed by atoms with Crippen LogP contribution in [0.2, 0.25) is 0 Å². The highest BCUT2D eigenvalue weighted by Crippen LogP contribution is 1.56. The van der Waals surface area contributed by atoms with Crippen molar-refractivity contribution in [3.05, 3.63) is 0 Å². The molecule has 50 valence electrons. The first-order valence-electron chi connectivity index (χ1n) is 2.41. The van der Waals surface area contributed by atoms with Crippen LogP contribution >= 0.6 is 0 Å². The van der Waals surface area contributed by atoms with Gasteiger partial charge in [0.1, 0.15) is 0 Å². The molecule has 7 heavy (non-hydrogen) atoms. The summed E-state index contributed by atoms with van der Waals surface area (Å²) < 4.78 is 0. The summed E-state index contributed by atoms with van der Waals surface area (Å²) in [7, 11) is 3.75. The van der Waals surface area contributed by atoms with E-state index < -0.39 is 0 Å². The van der Waals surface area contributed by atoms with Crippen LogP contribution in [0.25, 0.3) is 0 Å². The Morgan fingerprint density at radius 1 is 1.29 bits per heavy atom. The number of nitrogens with one attached hydrogen (secondary N) is 1. The minimum atomic E-state index is 0. The van der Waals surface area contributed by atoms with Crippen LogP contribution in [0.3, 0.4) is 0 Å². The Morgan fingerprint density at radius 2 is 1.29 bits per heavy atom. The van der Waals surface area contributed by atoms with Gasteiger partial charge in [0.05, 0.1) is 0 Å². The van der Waals surface area contributed by atoms with E-state index in [0.29, 0.717) is 0 Å². The average molecular weight is 109 g/mol. The van der Waals surface area contributed by atoms with E-state index >= 15 is 0 Å². The van der Waals surface area contributed by atoms with E-state index in [1.165, 1.54) is 6.42 Å². The topological polar surface area (TPSA) is 12.0 Å². The highest BCUT2D eigenvalue weighted by molar-refractivity contribution is 3.92. The van der Waals surface area contributed by atoms with E-state index in [4.69, 9.17) is 0 Å². The van der Waals surface area contributed by atoms with Crippen molar-refractivity contribution in [3.63, 3.8) is 0 Å². The average Bonchev–Trinajstić information content (AvgIpc) is 1.39. The highest BCUT2D eigenvalue weighted by Gasteiger charge is 1.35. The fourth-order valence-corrected chi connectivity index (χ4v) is 0. The van der Waals surface area contributed by atoms with Crippen molar-refractivity contribution in [2.24, 2.45) is 0 Å². The lowest BCUT2D eigenvalue weighted by atomic mass is 10.6. The van der Waals surface area contributed by atoms with E-state index in [0.717, 1.165) is 0 Å². The SMILES string of the molecule is C.CCC.CNC.[3HH]. The summed E-state index contributed by atoms with van der Waals surface area (Å²) in [5.74, 6) is 0. The second kappa shape index (κ2) is 38.2. The Balaban J connectivity index is -0.0000000160. The third-order valence-corrected chi connectivity index (χ3v) is 0. The van der Waals surface area contributed by atoms with Gasteiger partial charge in [0.25, 0.3) is 0 Å². The van der Waals surface area contributed by atoms with E-state index in [1.54, 1.807) is 0 Å². The molecule has 0 aromatic carbocycles. The molecular formula is C6H21N. The van der Waals surface area contributed by atoms with Gasteiger partial charge in [-0.1, -0.05) is 27.7 Å². The van der Waals surface area contributed by atoms with Crippen molar-refractivity contribution < 1.29 is 1.43 Å². The van der Waals surface area contributed by atoms with Gasteiger partial charge in [-0.3, -0.25) is 0 Å². The normalized spacial score (nSPS) is 5.14. The molecule has 1 nitrogen and oxygen atoms in total. The minimum Gasteiger partial charge on any atom is -0.323 e. The van der Waals surface area contributed by atoms with Gasteiger partial charge in [-0.15, -0.1) is 0 Å². The maximum absolute atomic E-state index is 2.75. The Hall–Kier alpha value is -0.0400. The Labute approximate surface area is 49.6 Å². The lowest BCUT2D eigenvalue weighted by molar-refractivity contribution is 1.02. The van der Waals surface area contributed by atoms with Gasteiger partial charge in [-0.25, -0.2) is 0 Å². The second-order valence-electron chi connectivity index (χ2n) is 1.21. The summed E-state index contributed by atoms with van der Waals surface area (Å²) in [6, 6.07) is 0. The van der Waals surface area contributed by atoms with Crippen LogP contribution < -0.4 is 5.32 Å². The van der Waals surface area contributed by atoms with Crippen LogP contribution in [0.5, 0.6) is 0 Å². The summed E-state index contributed by atoms with van der Waals surface area (Å²) in [6.45, 7) is 4.25. The van der Waals surface area contributed by atoms with E-state index in [9.17, 15) is 0 Å². The Kier molecular flexibility index (Phi) is 86.0. The van der Waals surface area contributed by atoms with Gasteiger partial charge in [0.2, 0.25) is 0 Å². The predicted molar refractivity (Wildman–Crippen MR) is 39.8 cm³/mol. The van der Waals surface area contributed by atoms with Crippen LogP contribution in [0.15, 0.2) is 0 Å². The fraction of sp³-hybridized carbons (Fsp3) is 1.00. The standard InChI is InChI=1S/C3H8.C2H7N.CH4.H2/c2*1-3-2;;/h3H2,1-2H3;3H,1-2H3;1H4;1H/i;;;1+2. The van der Waals surface area contributed by atoms with Crippen molar-refractivity contribution >= 4 is 0 Å². The van der Waals surface area contributed by atoms with Crippen LogP contribution in [0, 0.1) is 0 Å². The zero-order valence-electron chi connectivity index (χ0n) is 5.21. The van der Waals surface area contributed by atoms with Crippen LogP contribution in [0.4, 0.5) is 0 Å². The van der Waals surface area contributed by atoms with Gasteiger partial charge in [0.15, 0.2) is 0 Å². The number of hydrogen-bond donors (Lipinski definition) is 1. The molecule has 0 atom stereocenters. The van der Waals surface area contributed by atoms with E-state index in [-0.39, 0.29) is 8.85 Å². The molecule has 0 aliphatic carbocycles. The molecular weight excluding hydrogens is 86.1 g/mol. The molecule has 0 rings (SSSR count). The molecule has 0 aliphatic rings. The zero-order chi connectivity index (χ0) is 5.41. The predicted octanol–water partition coefficient (Wildman–Crippen LogP) is 2.13. The highest BCUT2D eigenvalue weighted by atomic mass is 14.7.